The first-order valence-electron chi connectivity index (χ1n) is 6.18. The molecule has 3 rings (SSSR count). The second kappa shape index (κ2) is 4.35. The van der Waals surface area contributed by atoms with E-state index in [9.17, 15) is 9.59 Å². The molecule has 0 radical (unpaired) electrons. The van der Waals surface area contributed by atoms with Crippen molar-refractivity contribution in [1.82, 2.24) is 5.32 Å². The Morgan fingerprint density at radius 1 is 1.05 bits per heavy atom. The van der Waals surface area contributed by atoms with Gasteiger partial charge >= 0.3 is 0 Å². The van der Waals surface area contributed by atoms with E-state index in [4.69, 9.17) is 0 Å². The van der Waals surface area contributed by atoms with Crippen LogP contribution in [0.2, 0.25) is 0 Å². The Hall–Kier alpha value is -2.42. The van der Waals surface area contributed by atoms with Crippen molar-refractivity contribution in [3.05, 3.63) is 53.6 Å². The maximum absolute atomic E-state index is 11.7. The van der Waals surface area contributed by atoms with Gasteiger partial charge in [-0.05, 0) is 34.9 Å². The number of nitrogens with one attached hydrogen (secondary N) is 1. The summed E-state index contributed by atoms with van der Waals surface area (Å²) in [5, 5.41) is 4.61. The fourth-order valence-electron chi connectivity index (χ4n) is 2.39. The number of carbonyl (C=O) groups is 2. The Morgan fingerprint density at radius 2 is 1.79 bits per heavy atom. The smallest absolute Gasteiger partial charge is 0.254 e. The maximum Gasteiger partial charge on any atom is 0.254 e. The van der Waals surface area contributed by atoms with Gasteiger partial charge in [-0.2, -0.15) is 0 Å². The molecular weight excluding hydrogens is 238 g/mol. The average molecular weight is 251 g/mol. The largest absolute Gasteiger partial charge is 0.292 e. The molecule has 0 unspecified atom stereocenters. The molecule has 19 heavy (non-hydrogen) atoms. The van der Waals surface area contributed by atoms with Crippen molar-refractivity contribution >= 4 is 28.2 Å². The molecule has 0 saturated carbocycles. The minimum Gasteiger partial charge on any atom is -0.292 e. The zero-order chi connectivity index (χ0) is 13.4. The van der Waals surface area contributed by atoms with Gasteiger partial charge < -0.3 is 0 Å². The third kappa shape index (κ3) is 2.03. The van der Waals surface area contributed by atoms with Crippen molar-refractivity contribution in [3.63, 3.8) is 0 Å². The molecule has 1 aliphatic rings. The van der Waals surface area contributed by atoms with Gasteiger partial charge in [0.15, 0.2) is 0 Å². The summed E-state index contributed by atoms with van der Waals surface area (Å²) in [4.78, 5) is 22.9. The number of fused-ring (bicyclic) bond motifs is 1. The molecule has 2 aromatic carbocycles. The molecule has 0 spiro atoms. The van der Waals surface area contributed by atoms with Crippen molar-refractivity contribution in [2.45, 2.75) is 13.3 Å². The molecular formula is C16H13NO2. The van der Waals surface area contributed by atoms with Gasteiger partial charge in [0.25, 0.3) is 5.91 Å². The van der Waals surface area contributed by atoms with Crippen LogP contribution in [0.5, 0.6) is 0 Å². The SMILES string of the molecule is CC(=C1CC(=O)NC1=O)c1ccc2ccccc2c1. The van der Waals surface area contributed by atoms with E-state index in [-0.39, 0.29) is 18.2 Å². The van der Waals surface area contributed by atoms with Crippen molar-refractivity contribution in [2.24, 2.45) is 0 Å². The van der Waals surface area contributed by atoms with Gasteiger partial charge in [-0.25, -0.2) is 0 Å². The zero-order valence-corrected chi connectivity index (χ0v) is 10.6. The van der Waals surface area contributed by atoms with E-state index >= 15 is 0 Å². The van der Waals surface area contributed by atoms with Crippen LogP contribution in [0.15, 0.2) is 48.0 Å². The fraction of sp³-hybridized carbons (Fsp3) is 0.125. The molecule has 1 aliphatic heterocycles. The van der Waals surface area contributed by atoms with Crippen molar-refractivity contribution in [1.29, 1.82) is 0 Å². The summed E-state index contributed by atoms with van der Waals surface area (Å²) in [5.41, 5.74) is 2.42. The molecule has 1 N–H and O–H groups in total. The first kappa shape index (κ1) is 11.7. The van der Waals surface area contributed by atoms with Crippen molar-refractivity contribution < 1.29 is 9.59 Å². The normalized spacial score (nSPS) is 17.7. The summed E-state index contributed by atoms with van der Waals surface area (Å²) < 4.78 is 0. The molecule has 0 atom stereocenters. The number of amides is 2. The average Bonchev–Trinajstić information content (AvgIpc) is 2.76. The number of benzene rings is 2. The van der Waals surface area contributed by atoms with Crippen LogP contribution in [0.25, 0.3) is 16.3 Å². The molecule has 0 bridgehead atoms. The maximum atomic E-state index is 11.7. The number of hydrogen-bond acceptors (Lipinski definition) is 2. The van der Waals surface area contributed by atoms with Crippen LogP contribution < -0.4 is 5.32 Å². The van der Waals surface area contributed by atoms with Crippen LogP contribution >= 0.6 is 0 Å². The second-order valence-electron chi connectivity index (χ2n) is 4.72. The molecule has 0 aromatic heterocycles. The first-order chi connectivity index (χ1) is 9.15. The number of imide groups is 1. The van der Waals surface area contributed by atoms with Crippen LogP contribution in [-0.2, 0) is 9.59 Å². The van der Waals surface area contributed by atoms with Gasteiger partial charge in [-0.15, -0.1) is 0 Å². The van der Waals surface area contributed by atoms with E-state index in [2.05, 4.69) is 5.32 Å². The van der Waals surface area contributed by atoms with Crippen LogP contribution in [0.4, 0.5) is 0 Å². The molecule has 2 aromatic rings. The van der Waals surface area contributed by atoms with E-state index in [1.807, 2.05) is 49.4 Å². The van der Waals surface area contributed by atoms with Gasteiger partial charge in [-0.3, -0.25) is 14.9 Å². The van der Waals surface area contributed by atoms with E-state index in [0.29, 0.717) is 5.57 Å². The monoisotopic (exact) mass is 251 g/mol. The van der Waals surface area contributed by atoms with Crippen molar-refractivity contribution in [2.75, 3.05) is 0 Å². The fourth-order valence-corrected chi connectivity index (χ4v) is 2.39. The van der Waals surface area contributed by atoms with Gasteiger partial charge in [0.1, 0.15) is 0 Å². The zero-order valence-electron chi connectivity index (χ0n) is 10.6. The summed E-state index contributed by atoms with van der Waals surface area (Å²) in [6.45, 7) is 1.89. The summed E-state index contributed by atoms with van der Waals surface area (Å²) in [7, 11) is 0. The molecule has 3 nitrogen and oxygen atoms in total. The highest BCUT2D eigenvalue weighted by molar-refractivity contribution is 6.17. The van der Waals surface area contributed by atoms with Crippen LogP contribution in [0.3, 0.4) is 0 Å². The molecule has 3 heteroatoms. The van der Waals surface area contributed by atoms with E-state index in [0.717, 1.165) is 21.9 Å². The molecule has 0 aliphatic carbocycles. The van der Waals surface area contributed by atoms with Crippen molar-refractivity contribution in [3.8, 4) is 0 Å². The van der Waals surface area contributed by atoms with Gasteiger partial charge in [0.2, 0.25) is 5.91 Å². The lowest BCUT2D eigenvalue weighted by Gasteiger charge is -2.06. The lowest BCUT2D eigenvalue weighted by Crippen LogP contribution is -2.19. The second-order valence-corrected chi connectivity index (χ2v) is 4.72. The summed E-state index contributed by atoms with van der Waals surface area (Å²) in [5.74, 6) is -0.490. The Morgan fingerprint density at radius 3 is 2.47 bits per heavy atom. The van der Waals surface area contributed by atoms with Gasteiger partial charge in [-0.1, -0.05) is 36.4 Å². The number of rotatable bonds is 1. The Balaban J connectivity index is 2.11. The Labute approximate surface area is 110 Å². The third-order valence-electron chi connectivity index (χ3n) is 3.50. The number of allylic oxidation sites excluding steroid dienone is 1. The Kier molecular flexibility index (Phi) is 2.67. The molecule has 1 saturated heterocycles. The molecule has 2 amide bonds. The van der Waals surface area contributed by atoms with E-state index in [1.54, 1.807) is 0 Å². The highest BCUT2D eigenvalue weighted by Crippen LogP contribution is 2.26. The van der Waals surface area contributed by atoms with Crippen LogP contribution in [0, 0.1) is 0 Å². The van der Waals surface area contributed by atoms with Gasteiger partial charge in [0.05, 0.1) is 6.42 Å². The number of carbonyl (C=O) groups excluding carboxylic acids is 2. The lowest BCUT2D eigenvalue weighted by atomic mass is 9.97. The number of hydrogen-bond donors (Lipinski definition) is 1. The molecule has 1 heterocycles. The summed E-state index contributed by atoms with van der Waals surface area (Å²) >= 11 is 0. The highest BCUT2D eigenvalue weighted by Gasteiger charge is 2.26. The quantitative estimate of drug-likeness (QED) is 0.625. The van der Waals surface area contributed by atoms with Gasteiger partial charge in [0, 0.05) is 5.57 Å². The molecule has 1 fully saturated rings. The van der Waals surface area contributed by atoms with Crippen LogP contribution in [0.1, 0.15) is 18.9 Å². The predicted molar refractivity (Wildman–Crippen MR) is 74.3 cm³/mol. The summed E-state index contributed by atoms with van der Waals surface area (Å²) in [6, 6.07) is 14.1. The topological polar surface area (TPSA) is 46.2 Å². The Bertz CT molecular complexity index is 728. The predicted octanol–water partition coefficient (Wildman–Crippen LogP) is 2.66. The molecule has 94 valence electrons. The minimum absolute atomic E-state index is 0.178. The minimum atomic E-state index is -0.268. The first-order valence-corrected chi connectivity index (χ1v) is 6.18. The summed E-state index contributed by atoms with van der Waals surface area (Å²) in [6.07, 6.45) is 0.178. The van der Waals surface area contributed by atoms with E-state index in [1.165, 1.54) is 0 Å². The van der Waals surface area contributed by atoms with E-state index < -0.39 is 0 Å². The third-order valence-corrected chi connectivity index (χ3v) is 3.50. The standard InChI is InChI=1S/C16H13NO2/c1-10(14-9-15(18)17-16(14)19)12-7-6-11-4-2-3-5-13(11)8-12/h2-8H,9H2,1H3,(H,17,18,19). The van der Waals surface area contributed by atoms with Crippen LogP contribution in [-0.4, -0.2) is 11.8 Å². The highest BCUT2D eigenvalue weighted by atomic mass is 16.2. The lowest BCUT2D eigenvalue weighted by molar-refractivity contribution is -0.124.